The second-order valence-corrected chi connectivity index (χ2v) is 4.97. The number of thioether (sulfide) groups is 1. The number of ether oxygens (including phenoxy) is 1. The average Bonchev–Trinajstić information content (AvgIpc) is 2.84. The molecule has 19 heavy (non-hydrogen) atoms. The van der Waals surface area contributed by atoms with Crippen LogP contribution in [0.3, 0.4) is 0 Å². The van der Waals surface area contributed by atoms with Crippen LogP contribution < -0.4 is 5.32 Å². The van der Waals surface area contributed by atoms with Crippen molar-refractivity contribution < 1.29 is 9.53 Å². The van der Waals surface area contributed by atoms with Crippen LogP contribution in [0.2, 0.25) is 0 Å². The maximum absolute atomic E-state index is 11.7. The molecule has 0 saturated heterocycles. The zero-order valence-electron chi connectivity index (χ0n) is 11.6. The van der Waals surface area contributed by atoms with Crippen LogP contribution >= 0.6 is 11.8 Å². The number of nitrogens with one attached hydrogen (secondary N) is 1. The van der Waals surface area contributed by atoms with Crippen LogP contribution in [0, 0.1) is 0 Å². The van der Waals surface area contributed by atoms with Crippen LogP contribution in [0.15, 0.2) is 5.16 Å². The highest BCUT2D eigenvalue weighted by Gasteiger charge is 2.22. The second kappa shape index (κ2) is 8.87. The van der Waals surface area contributed by atoms with Gasteiger partial charge in [0.25, 0.3) is 0 Å². The van der Waals surface area contributed by atoms with E-state index in [-0.39, 0.29) is 11.2 Å². The van der Waals surface area contributed by atoms with Crippen LogP contribution in [0.4, 0.5) is 0 Å². The van der Waals surface area contributed by atoms with E-state index in [1.165, 1.54) is 11.8 Å². The van der Waals surface area contributed by atoms with E-state index >= 15 is 0 Å². The Labute approximate surface area is 117 Å². The Bertz CT molecular complexity index is 385. The topological polar surface area (TPSA) is 81.9 Å². The summed E-state index contributed by atoms with van der Waals surface area (Å²) < 4.78 is 6.74. The van der Waals surface area contributed by atoms with Crippen LogP contribution in [-0.2, 0) is 16.1 Å². The molecule has 0 saturated carbocycles. The average molecular weight is 287 g/mol. The number of tetrazole rings is 1. The highest BCUT2D eigenvalue weighted by Crippen LogP contribution is 2.23. The smallest absolute Gasteiger partial charge is 0.319 e. The minimum absolute atomic E-state index is 0.212. The Morgan fingerprint density at radius 1 is 1.47 bits per heavy atom. The Kier molecular flexibility index (Phi) is 7.42. The van der Waals surface area contributed by atoms with E-state index in [2.05, 4.69) is 20.8 Å². The molecule has 0 aromatic carbocycles. The molecule has 0 aliphatic heterocycles. The third-order valence-corrected chi connectivity index (χ3v) is 3.73. The molecule has 0 spiro atoms. The molecule has 1 unspecified atom stereocenters. The van der Waals surface area contributed by atoms with Gasteiger partial charge in [-0.15, -0.1) is 5.10 Å². The first-order valence-corrected chi connectivity index (χ1v) is 7.41. The van der Waals surface area contributed by atoms with Gasteiger partial charge in [-0.1, -0.05) is 25.6 Å². The van der Waals surface area contributed by atoms with Gasteiger partial charge < -0.3 is 10.1 Å². The molecule has 1 heterocycles. The zero-order valence-corrected chi connectivity index (χ0v) is 12.4. The molecule has 0 bridgehead atoms. The lowest BCUT2D eigenvalue weighted by atomic mass is 10.3. The number of carbonyl (C=O) groups excluding carboxylic acids is 1. The molecule has 0 amide bonds. The fraction of sp³-hybridized carbons (Fsp3) is 0.818. The largest absolute Gasteiger partial charge is 0.465 e. The number of hydrogen-bond acceptors (Lipinski definition) is 7. The molecular weight excluding hydrogens is 266 g/mol. The van der Waals surface area contributed by atoms with Crippen molar-refractivity contribution in [3.05, 3.63) is 0 Å². The molecule has 0 fully saturated rings. The van der Waals surface area contributed by atoms with E-state index in [1.54, 1.807) is 11.6 Å². The fourth-order valence-corrected chi connectivity index (χ4v) is 2.36. The number of nitrogens with zero attached hydrogens (tertiary/aromatic N) is 4. The summed E-state index contributed by atoms with van der Waals surface area (Å²) in [5, 5.41) is 15.1. The Hall–Kier alpha value is -1.15. The quantitative estimate of drug-likeness (QED) is 0.407. The second-order valence-electron chi connectivity index (χ2n) is 3.80. The molecular formula is C11H21N5O2S. The highest BCUT2D eigenvalue weighted by atomic mass is 32.2. The fourth-order valence-electron chi connectivity index (χ4n) is 1.44. The van der Waals surface area contributed by atoms with E-state index in [0.29, 0.717) is 24.7 Å². The maximum Gasteiger partial charge on any atom is 0.319 e. The number of hydrogen-bond donors (Lipinski definition) is 1. The molecule has 1 rings (SSSR count). The van der Waals surface area contributed by atoms with Crippen molar-refractivity contribution >= 4 is 17.7 Å². The molecule has 0 aliphatic carbocycles. The molecule has 1 atom stereocenters. The third kappa shape index (κ3) is 5.15. The van der Waals surface area contributed by atoms with E-state index in [1.807, 2.05) is 13.8 Å². The third-order valence-electron chi connectivity index (χ3n) is 2.42. The molecule has 1 N–H and O–H groups in total. The standard InChI is InChI=1S/C11H21N5O2S/c1-4-9(10(17)18-6-3)19-11-13-14-15-16(11)8-7-12-5-2/h9,12H,4-8H2,1-3H3. The predicted octanol–water partition coefficient (Wildman–Crippen LogP) is 0.716. The van der Waals surface area contributed by atoms with Crippen LogP contribution in [0.5, 0.6) is 0 Å². The number of likely N-dealkylation sites (N-methyl/N-ethyl adjacent to an activating group) is 1. The lowest BCUT2D eigenvalue weighted by Crippen LogP contribution is -2.22. The van der Waals surface area contributed by atoms with Gasteiger partial charge in [0.1, 0.15) is 5.25 Å². The van der Waals surface area contributed by atoms with Gasteiger partial charge in [0.05, 0.1) is 13.2 Å². The van der Waals surface area contributed by atoms with E-state index in [9.17, 15) is 4.79 Å². The Morgan fingerprint density at radius 3 is 2.89 bits per heavy atom. The van der Waals surface area contributed by atoms with E-state index < -0.39 is 0 Å². The van der Waals surface area contributed by atoms with Crippen molar-refractivity contribution in [3.63, 3.8) is 0 Å². The number of aromatic nitrogens is 4. The Morgan fingerprint density at radius 2 is 2.26 bits per heavy atom. The number of esters is 1. The minimum atomic E-state index is -0.260. The van der Waals surface area contributed by atoms with E-state index in [0.717, 1.165) is 13.1 Å². The van der Waals surface area contributed by atoms with Crippen molar-refractivity contribution in [2.24, 2.45) is 0 Å². The van der Waals surface area contributed by atoms with Gasteiger partial charge in [0.15, 0.2) is 0 Å². The lowest BCUT2D eigenvalue weighted by Gasteiger charge is -2.12. The Balaban J connectivity index is 2.59. The summed E-state index contributed by atoms with van der Waals surface area (Å²) >= 11 is 1.35. The molecule has 0 radical (unpaired) electrons. The van der Waals surface area contributed by atoms with Crippen LogP contribution in [0.1, 0.15) is 27.2 Å². The van der Waals surface area contributed by atoms with Gasteiger partial charge in [0.2, 0.25) is 5.16 Å². The van der Waals surface area contributed by atoms with Gasteiger partial charge in [-0.05, 0) is 30.3 Å². The van der Waals surface area contributed by atoms with E-state index in [4.69, 9.17) is 4.74 Å². The summed E-state index contributed by atoms with van der Waals surface area (Å²) in [5.41, 5.74) is 0. The summed E-state index contributed by atoms with van der Waals surface area (Å²) in [6.45, 7) is 8.57. The normalized spacial score (nSPS) is 12.4. The summed E-state index contributed by atoms with van der Waals surface area (Å²) in [4.78, 5) is 11.7. The van der Waals surface area contributed by atoms with Crippen LogP contribution in [-0.4, -0.2) is 51.1 Å². The molecule has 7 nitrogen and oxygen atoms in total. The lowest BCUT2D eigenvalue weighted by molar-refractivity contribution is -0.142. The van der Waals surface area contributed by atoms with Crippen molar-refractivity contribution in [1.82, 2.24) is 25.5 Å². The highest BCUT2D eigenvalue weighted by molar-refractivity contribution is 8.00. The first-order chi connectivity index (χ1) is 9.22. The summed E-state index contributed by atoms with van der Waals surface area (Å²) in [5.74, 6) is -0.212. The van der Waals surface area contributed by atoms with Gasteiger partial charge in [-0.2, -0.15) is 0 Å². The summed E-state index contributed by atoms with van der Waals surface area (Å²) in [7, 11) is 0. The minimum Gasteiger partial charge on any atom is -0.465 e. The van der Waals surface area contributed by atoms with Crippen molar-refractivity contribution in [2.75, 3.05) is 19.7 Å². The maximum atomic E-state index is 11.7. The van der Waals surface area contributed by atoms with Gasteiger partial charge in [-0.3, -0.25) is 4.79 Å². The number of rotatable bonds is 9. The molecule has 0 aliphatic rings. The van der Waals surface area contributed by atoms with Crippen molar-refractivity contribution in [3.8, 4) is 0 Å². The first-order valence-electron chi connectivity index (χ1n) is 6.53. The van der Waals surface area contributed by atoms with Crippen molar-refractivity contribution in [2.45, 2.75) is 44.1 Å². The van der Waals surface area contributed by atoms with Gasteiger partial charge in [0, 0.05) is 6.54 Å². The monoisotopic (exact) mass is 287 g/mol. The SMILES string of the molecule is CCNCCn1nnnc1SC(CC)C(=O)OCC. The van der Waals surface area contributed by atoms with Gasteiger partial charge in [-0.25, -0.2) is 4.68 Å². The first kappa shape index (κ1) is 15.9. The molecule has 1 aromatic heterocycles. The molecule has 8 heteroatoms. The van der Waals surface area contributed by atoms with Crippen LogP contribution in [0.25, 0.3) is 0 Å². The summed E-state index contributed by atoms with van der Waals surface area (Å²) in [6.07, 6.45) is 0.684. The zero-order chi connectivity index (χ0) is 14.1. The van der Waals surface area contributed by atoms with Gasteiger partial charge >= 0.3 is 5.97 Å². The van der Waals surface area contributed by atoms with Crippen molar-refractivity contribution in [1.29, 1.82) is 0 Å². The number of carbonyl (C=O) groups is 1. The molecule has 1 aromatic rings. The predicted molar refractivity (Wildman–Crippen MR) is 72.9 cm³/mol. The summed E-state index contributed by atoms with van der Waals surface area (Å²) in [6, 6.07) is 0. The molecule has 108 valence electrons.